The number of rotatable bonds is 32. The van der Waals surface area contributed by atoms with Crippen LogP contribution in [-0.4, -0.2) is 41.0 Å². The van der Waals surface area contributed by atoms with E-state index in [0.29, 0.717) is 12.8 Å². The molecule has 8 nitrogen and oxygen atoms in total. The Kier molecular flexibility index (Phi) is 32.0. The molecule has 0 spiro atoms. The number of hydrogen-bond acceptors (Lipinski definition) is 6. The van der Waals surface area contributed by atoms with E-state index < -0.39 is 32.5 Å². The topological polar surface area (TPSA) is 119 Å². The van der Waals surface area contributed by atoms with E-state index in [1.165, 1.54) is 51.4 Å². The van der Waals surface area contributed by atoms with E-state index in [2.05, 4.69) is 73.1 Å². The van der Waals surface area contributed by atoms with Gasteiger partial charge in [0.15, 0.2) is 6.10 Å². The lowest BCUT2D eigenvalue weighted by Gasteiger charge is -2.18. The maximum absolute atomic E-state index is 12.3. The molecule has 2 N–H and O–H groups in total. The Labute approximate surface area is 286 Å². The summed E-state index contributed by atoms with van der Waals surface area (Å²) in [4.78, 5) is 42.6. The Hall–Kier alpha value is -2.25. The molecular weight excluding hydrogens is 615 g/mol. The minimum absolute atomic E-state index is 0.188. The molecule has 0 aliphatic rings. The summed E-state index contributed by atoms with van der Waals surface area (Å²) in [6, 6.07) is 0. The molecule has 1 atom stereocenters. The maximum atomic E-state index is 12.3. The highest BCUT2D eigenvalue weighted by Gasteiger charge is 2.22. The average molecular weight is 681 g/mol. The van der Waals surface area contributed by atoms with Crippen molar-refractivity contribution in [2.24, 2.45) is 0 Å². The highest BCUT2D eigenvalue weighted by molar-refractivity contribution is 7.46. The first-order chi connectivity index (χ1) is 22.8. The summed E-state index contributed by atoms with van der Waals surface area (Å²) in [5, 5.41) is 0. The minimum atomic E-state index is -4.76. The van der Waals surface area contributed by atoms with Crippen molar-refractivity contribution in [2.75, 3.05) is 13.2 Å². The average Bonchev–Trinajstić information content (AvgIpc) is 3.04. The Morgan fingerprint density at radius 1 is 0.574 bits per heavy atom. The summed E-state index contributed by atoms with van der Waals surface area (Å²) >= 11 is 0. The molecule has 0 rings (SSSR count). The molecule has 0 amide bonds. The van der Waals surface area contributed by atoms with Crippen LogP contribution >= 0.6 is 7.82 Å². The number of carbonyl (C=O) groups is 2. The zero-order valence-electron chi connectivity index (χ0n) is 29.4. The highest BCUT2D eigenvalue weighted by Crippen LogP contribution is 2.35. The summed E-state index contributed by atoms with van der Waals surface area (Å²) < 4.78 is 26.2. The number of carbonyl (C=O) groups excluding carboxylic acids is 2. The van der Waals surface area contributed by atoms with Crippen LogP contribution in [0, 0.1) is 0 Å². The van der Waals surface area contributed by atoms with E-state index in [1.807, 2.05) is 6.08 Å². The molecule has 0 aromatic rings. The predicted molar refractivity (Wildman–Crippen MR) is 193 cm³/mol. The molecule has 47 heavy (non-hydrogen) atoms. The number of esters is 2. The number of phosphoric acid groups is 1. The second kappa shape index (κ2) is 33.6. The SMILES string of the molecule is CC/C=C\C/C=C\C/C=C\C/C=C\C/C=C\CCCC(=O)OC[C@H](COP(=O)(O)O)OC(=O)CCCCCCCCCCCCCC. The summed E-state index contributed by atoms with van der Waals surface area (Å²) in [6.45, 7) is 3.49. The molecule has 0 unspecified atom stereocenters. The lowest BCUT2D eigenvalue weighted by Crippen LogP contribution is -2.29. The van der Waals surface area contributed by atoms with E-state index >= 15 is 0 Å². The normalized spacial score (nSPS) is 13.2. The van der Waals surface area contributed by atoms with Crippen LogP contribution in [0.3, 0.4) is 0 Å². The zero-order valence-corrected chi connectivity index (χ0v) is 30.3. The van der Waals surface area contributed by atoms with Gasteiger partial charge in [0.2, 0.25) is 0 Å². The molecule has 0 aromatic carbocycles. The molecule has 0 fully saturated rings. The van der Waals surface area contributed by atoms with E-state index in [9.17, 15) is 14.2 Å². The fourth-order valence-corrected chi connectivity index (χ4v) is 5.00. The second-order valence-electron chi connectivity index (χ2n) is 11.8. The van der Waals surface area contributed by atoms with E-state index in [1.54, 1.807) is 0 Å². The minimum Gasteiger partial charge on any atom is -0.462 e. The van der Waals surface area contributed by atoms with Crippen molar-refractivity contribution in [3.05, 3.63) is 60.8 Å². The van der Waals surface area contributed by atoms with Gasteiger partial charge in [0.05, 0.1) is 6.61 Å². The number of ether oxygens (including phenoxy) is 2. The first-order valence-corrected chi connectivity index (χ1v) is 19.6. The first kappa shape index (κ1) is 44.8. The highest BCUT2D eigenvalue weighted by atomic mass is 31.2. The lowest BCUT2D eigenvalue weighted by atomic mass is 10.0. The van der Waals surface area contributed by atoms with Crippen LogP contribution in [0.15, 0.2) is 60.8 Å². The van der Waals surface area contributed by atoms with Crippen molar-refractivity contribution in [3.63, 3.8) is 0 Å². The molecule has 0 saturated heterocycles. The Bertz CT molecular complexity index is 947. The Morgan fingerprint density at radius 3 is 1.51 bits per heavy atom. The van der Waals surface area contributed by atoms with Gasteiger partial charge in [-0.25, -0.2) is 4.57 Å². The van der Waals surface area contributed by atoms with Gasteiger partial charge in [-0.1, -0.05) is 145 Å². The number of unbranched alkanes of at least 4 members (excludes halogenated alkanes) is 12. The third-order valence-electron chi connectivity index (χ3n) is 7.30. The van der Waals surface area contributed by atoms with Crippen molar-refractivity contribution in [2.45, 2.75) is 155 Å². The van der Waals surface area contributed by atoms with Crippen LogP contribution < -0.4 is 0 Å². The summed E-state index contributed by atoms with van der Waals surface area (Å²) in [5.41, 5.74) is 0. The van der Waals surface area contributed by atoms with E-state index in [-0.39, 0.29) is 19.4 Å². The van der Waals surface area contributed by atoms with Crippen LogP contribution in [0.2, 0.25) is 0 Å². The Balaban J connectivity index is 4.10. The van der Waals surface area contributed by atoms with Crippen molar-refractivity contribution >= 4 is 19.8 Å². The molecule has 0 aromatic heterocycles. The largest absolute Gasteiger partial charge is 0.469 e. The molecule has 0 aliphatic heterocycles. The molecule has 0 heterocycles. The van der Waals surface area contributed by atoms with Crippen molar-refractivity contribution < 1.29 is 37.9 Å². The number of allylic oxidation sites excluding steroid dienone is 10. The maximum Gasteiger partial charge on any atom is 0.469 e. The van der Waals surface area contributed by atoms with Crippen LogP contribution in [0.5, 0.6) is 0 Å². The fraction of sp³-hybridized carbons (Fsp3) is 0.684. The standard InChI is InChI=1S/C38H65O8P/c1-3-5-7-9-11-13-15-17-18-19-20-21-23-24-26-28-30-32-37(39)44-34-36(35-45-47(41,42)43)46-38(40)33-31-29-27-25-22-16-14-12-10-8-6-4-2/h5,7,11,13,17-18,20-21,24,26,36H,3-4,6,8-10,12,14-16,19,22-23,25,27-35H2,1-2H3,(H2,41,42,43)/b7-5-,13-11-,18-17-,21-20-,26-24-/t36-/m1/s1. The van der Waals surface area contributed by atoms with E-state index in [4.69, 9.17) is 19.3 Å². The molecule has 0 bridgehead atoms. The van der Waals surface area contributed by atoms with Gasteiger partial charge in [-0.2, -0.15) is 0 Å². The number of phosphoric ester groups is 1. The molecule has 0 saturated carbocycles. The molecular formula is C38H65O8P. The Morgan fingerprint density at radius 2 is 1.02 bits per heavy atom. The molecule has 270 valence electrons. The first-order valence-electron chi connectivity index (χ1n) is 18.1. The van der Waals surface area contributed by atoms with E-state index in [0.717, 1.165) is 57.8 Å². The van der Waals surface area contributed by atoms with Crippen molar-refractivity contribution in [3.8, 4) is 0 Å². The van der Waals surface area contributed by atoms with Gasteiger partial charge in [-0.15, -0.1) is 0 Å². The monoisotopic (exact) mass is 680 g/mol. The molecule has 0 aliphatic carbocycles. The van der Waals surface area contributed by atoms with Crippen LogP contribution in [0.25, 0.3) is 0 Å². The molecule has 9 heteroatoms. The van der Waals surface area contributed by atoms with Gasteiger partial charge in [-0.05, 0) is 51.4 Å². The summed E-state index contributed by atoms with van der Waals surface area (Å²) in [7, 11) is -4.76. The van der Waals surface area contributed by atoms with Crippen LogP contribution in [0.1, 0.15) is 149 Å². The van der Waals surface area contributed by atoms with Gasteiger partial charge < -0.3 is 19.3 Å². The predicted octanol–water partition coefficient (Wildman–Crippen LogP) is 10.6. The van der Waals surface area contributed by atoms with Gasteiger partial charge in [-0.3, -0.25) is 14.1 Å². The van der Waals surface area contributed by atoms with Gasteiger partial charge in [0.25, 0.3) is 0 Å². The van der Waals surface area contributed by atoms with Crippen molar-refractivity contribution in [1.82, 2.24) is 0 Å². The third kappa shape index (κ3) is 36.4. The van der Waals surface area contributed by atoms with Crippen LogP contribution in [-0.2, 0) is 28.2 Å². The summed E-state index contributed by atoms with van der Waals surface area (Å²) in [6.07, 6.45) is 40.9. The van der Waals surface area contributed by atoms with Gasteiger partial charge in [0.1, 0.15) is 6.61 Å². The lowest BCUT2D eigenvalue weighted by molar-refractivity contribution is -0.161. The summed E-state index contributed by atoms with van der Waals surface area (Å²) in [5.74, 6) is -0.957. The quantitative estimate of drug-likeness (QED) is 0.0312. The number of hydrogen-bond donors (Lipinski definition) is 2. The van der Waals surface area contributed by atoms with Crippen LogP contribution in [0.4, 0.5) is 0 Å². The van der Waals surface area contributed by atoms with Gasteiger partial charge >= 0.3 is 19.8 Å². The van der Waals surface area contributed by atoms with Crippen molar-refractivity contribution in [1.29, 1.82) is 0 Å². The zero-order chi connectivity index (χ0) is 34.7. The molecule has 0 radical (unpaired) electrons. The fourth-order valence-electron chi connectivity index (χ4n) is 4.64. The van der Waals surface area contributed by atoms with Gasteiger partial charge in [0, 0.05) is 12.8 Å². The second-order valence-corrected chi connectivity index (χ2v) is 13.1. The third-order valence-corrected chi connectivity index (χ3v) is 7.79. The smallest absolute Gasteiger partial charge is 0.462 e.